The number of imidazole rings is 1. The molecule has 2 aromatic rings. The Morgan fingerprint density at radius 1 is 1.50 bits per heavy atom. The van der Waals surface area contributed by atoms with Gasteiger partial charge in [-0.05, 0) is 6.92 Å². The van der Waals surface area contributed by atoms with Gasteiger partial charge in [-0.3, -0.25) is 0 Å². The Kier molecular flexibility index (Phi) is 3.54. The van der Waals surface area contributed by atoms with Gasteiger partial charge in [0.1, 0.15) is 24.5 Å². The molecule has 3 rings (SSSR count). The van der Waals surface area contributed by atoms with Gasteiger partial charge in [0.25, 0.3) is 0 Å². The van der Waals surface area contributed by atoms with Gasteiger partial charge in [-0.25, -0.2) is 23.3 Å². The fraction of sp³-hybridized carbons (Fsp3) is 0.583. The first-order chi connectivity index (χ1) is 10.4. The molecular weight excluding hydrogens is 305 g/mol. The SMILES string of the molecule is Cc1nc(F)nn2c([C@@H]3O[C@@](CO)(CF)[C@@H](O)[C@H]3F)cnc12. The number of hydrogen-bond acceptors (Lipinski definition) is 6. The molecule has 2 N–H and O–H groups in total. The van der Waals surface area contributed by atoms with E-state index in [9.17, 15) is 23.4 Å². The van der Waals surface area contributed by atoms with E-state index in [1.54, 1.807) is 0 Å². The Hall–Kier alpha value is -1.78. The topological polar surface area (TPSA) is 92.8 Å². The zero-order valence-corrected chi connectivity index (χ0v) is 11.4. The van der Waals surface area contributed by atoms with Gasteiger partial charge in [0.2, 0.25) is 0 Å². The molecule has 1 saturated heterocycles. The average molecular weight is 318 g/mol. The number of nitrogens with zero attached hydrogens (tertiary/aromatic N) is 4. The molecule has 1 fully saturated rings. The van der Waals surface area contributed by atoms with Gasteiger partial charge in [-0.2, -0.15) is 4.39 Å². The number of aliphatic hydroxyl groups excluding tert-OH is 2. The second kappa shape index (κ2) is 5.14. The van der Waals surface area contributed by atoms with Gasteiger partial charge in [-0.1, -0.05) is 0 Å². The van der Waals surface area contributed by atoms with Crippen molar-refractivity contribution < 1.29 is 28.1 Å². The van der Waals surface area contributed by atoms with Crippen LogP contribution in [-0.2, 0) is 4.74 Å². The van der Waals surface area contributed by atoms with Gasteiger partial charge in [-0.15, -0.1) is 5.10 Å². The normalized spacial score (nSPS) is 32.0. The standard InChI is InChI=1S/C12H13F3N4O3/c1-5-10-16-2-6(19(10)18-11(15)17-5)8-7(14)9(21)12(3-13,4-20)22-8/h2,7-9,20-21H,3-4H2,1H3/t7-,8-,9-,12+/m0/s1. The zero-order chi connectivity index (χ0) is 16.1. The van der Waals surface area contributed by atoms with Crippen LogP contribution in [-0.4, -0.2) is 61.0 Å². The van der Waals surface area contributed by atoms with Gasteiger partial charge in [0.05, 0.1) is 24.2 Å². The molecule has 0 aromatic carbocycles. The van der Waals surface area contributed by atoms with E-state index in [4.69, 9.17) is 4.74 Å². The van der Waals surface area contributed by atoms with Crippen molar-refractivity contribution in [1.29, 1.82) is 0 Å². The minimum atomic E-state index is -2.06. The van der Waals surface area contributed by atoms with E-state index in [-0.39, 0.29) is 17.0 Å². The van der Waals surface area contributed by atoms with Crippen molar-refractivity contribution in [2.24, 2.45) is 0 Å². The molecule has 22 heavy (non-hydrogen) atoms. The number of rotatable bonds is 3. The zero-order valence-electron chi connectivity index (χ0n) is 11.4. The first-order valence-electron chi connectivity index (χ1n) is 6.48. The van der Waals surface area contributed by atoms with Crippen molar-refractivity contribution in [2.45, 2.75) is 30.9 Å². The second-order valence-electron chi connectivity index (χ2n) is 5.17. The lowest BCUT2D eigenvalue weighted by atomic mass is 9.97. The molecule has 0 aliphatic carbocycles. The number of ether oxygens (including phenoxy) is 1. The van der Waals surface area contributed by atoms with Crippen molar-refractivity contribution in [3.05, 3.63) is 23.7 Å². The molecule has 0 amide bonds. The van der Waals surface area contributed by atoms with Crippen LogP contribution in [0.3, 0.4) is 0 Å². The molecule has 0 saturated carbocycles. The van der Waals surface area contributed by atoms with Crippen molar-refractivity contribution in [3.63, 3.8) is 0 Å². The summed E-state index contributed by atoms with van der Waals surface area (Å²) in [6.45, 7) is -0.685. The molecule has 2 aromatic heterocycles. The molecule has 1 aliphatic heterocycles. The summed E-state index contributed by atoms with van der Waals surface area (Å²) in [6.07, 6.45) is -5.20. The lowest BCUT2D eigenvalue weighted by Gasteiger charge is -2.25. The molecule has 4 atom stereocenters. The maximum atomic E-state index is 14.3. The Morgan fingerprint density at radius 2 is 2.23 bits per heavy atom. The van der Waals surface area contributed by atoms with E-state index < -0.39 is 43.3 Å². The lowest BCUT2D eigenvalue weighted by Crippen LogP contribution is -2.47. The summed E-state index contributed by atoms with van der Waals surface area (Å²) < 4.78 is 47.0. The fourth-order valence-corrected chi connectivity index (χ4v) is 2.55. The van der Waals surface area contributed by atoms with Crippen molar-refractivity contribution in [1.82, 2.24) is 19.6 Å². The molecule has 10 heteroatoms. The third kappa shape index (κ3) is 1.98. The number of halogens is 3. The molecule has 0 bridgehead atoms. The highest BCUT2D eigenvalue weighted by atomic mass is 19.1. The Labute approximate surface area is 122 Å². The average Bonchev–Trinajstić information content (AvgIpc) is 3.01. The molecule has 0 radical (unpaired) electrons. The Morgan fingerprint density at radius 3 is 2.82 bits per heavy atom. The van der Waals surface area contributed by atoms with Crippen LogP contribution < -0.4 is 0 Å². The van der Waals surface area contributed by atoms with Crippen molar-refractivity contribution in [2.75, 3.05) is 13.3 Å². The molecular formula is C12H13F3N4O3. The molecule has 3 heterocycles. The number of aryl methyl sites for hydroxylation is 1. The minimum absolute atomic E-state index is 0.00488. The highest BCUT2D eigenvalue weighted by Gasteiger charge is 2.56. The second-order valence-corrected chi connectivity index (χ2v) is 5.17. The molecule has 7 nitrogen and oxygen atoms in total. The largest absolute Gasteiger partial charge is 0.393 e. The molecule has 0 spiro atoms. The maximum Gasteiger partial charge on any atom is 0.326 e. The van der Waals surface area contributed by atoms with Crippen LogP contribution in [0.15, 0.2) is 6.20 Å². The van der Waals surface area contributed by atoms with Gasteiger partial charge in [0, 0.05) is 0 Å². The van der Waals surface area contributed by atoms with Crippen LogP contribution >= 0.6 is 0 Å². The van der Waals surface area contributed by atoms with Crippen LogP contribution in [0.2, 0.25) is 0 Å². The highest BCUT2D eigenvalue weighted by Crippen LogP contribution is 2.42. The first-order valence-corrected chi connectivity index (χ1v) is 6.48. The van der Waals surface area contributed by atoms with Gasteiger partial charge >= 0.3 is 6.08 Å². The summed E-state index contributed by atoms with van der Waals surface area (Å²) in [5, 5.41) is 22.5. The predicted molar refractivity (Wildman–Crippen MR) is 66.0 cm³/mol. The summed E-state index contributed by atoms with van der Waals surface area (Å²) in [5.41, 5.74) is -1.65. The van der Waals surface area contributed by atoms with E-state index >= 15 is 0 Å². The molecule has 120 valence electrons. The fourth-order valence-electron chi connectivity index (χ4n) is 2.55. The van der Waals surface area contributed by atoms with E-state index in [1.165, 1.54) is 13.1 Å². The summed E-state index contributed by atoms with van der Waals surface area (Å²) >= 11 is 0. The summed E-state index contributed by atoms with van der Waals surface area (Å²) in [5.74, 6) is 0. The Bertz CT molecular complexity index is 706. The monoisotopic (exact) mass is 318 g/mol. The van der Waals surface area contributed by atoms with Crippen LogP contribution in [0.4, 0.5) is 13.2 Å². The smallest absolute Gasteiger partial charge is 0.326 e. The minimum Gasteiger partial charge on any atom is -0.393 e. The van der Waals surface area contributed by atoms with Gasteiger partial charge in [0.15, 0.2) is 11.8 Å². The number of aromatic nitrogens is 4. The molecule has 1 aliphatic rings. The summed E-state index contributed by atoms with van der Waals surface area (Å²) in [4.78, 5) is 7.44. The number of aliphatic hydroxyl groups is 2. The van der Waals surface area contributed by atoms with Crippen LogP contribution in [0.1, 0.15) is 17.5 Å². The van der Waals surface area contributed by atoms with E-state index in [0.717, 1.165) is 4.52 Å². The third-order valence-corrected chi connectivity index (χ3v) is 3.81. The predicted octanol–water partition coefficient (Wildman–Crippen LogP) is 0.0427. The quantitative estimate of drug-likeness (QED) is 0.830. The van der Waals surface area contributed by atoms with Crippen LogP contribution in [0.25, 0.3) is 5.65 Å². The van der Waals surface area contributed by atoms with Crippen LogP contribution in [0.5, 0.6) is 0 Å². The van der Waals surface area contributed by atoms with Crippen molar-refractivity contribution in [3.8, 4) is 0 Å². The number of hydrogen-bond donors (Lipinski definition) is 2. The third-order valence-electron chi connectivity index (χ3n) is 3.81. The van der Waals surface area contributed by atoms with E-state index in [1.807, 2.05) is 0 Å². The van der Waals surface area contributed by atoms with Gasteiger partial charge < -0.3 is 14.9 Å². The lowest BCUT2D eigenvalue weighted by molar-refractivity contribution is -0.123. The first kappa shape index (κ1) is 15.1. The number of alkyl halides is 2. The van der Waals surface area contributed by atoms with E-state index in [0.29, 0.717) is 0 Å². The summed E-state index contributed by atoms with van der Waals surface area (Å²) in [7, 11) is 0. The molecule has 0 unspecified atom stereocenters. The van der Waals surface area contributed by atoms with Crippen LogP contribution in [0, 0.1) is 13.0 Å². The van der Waals surface area contributed by atoms with Crippen molar-refractivity contribution >= 4 is 5.65 Å². The maximum absolute atomic E-state index is 14.3. The highest BCUT2D eigenvalue weighted by molar-refractivity contribution is 5.43. The summed E-state index contributed by atoms with van der Waals surface area (Å²) in [6, 6.07) is 0. The van der Waals surface area contributed by atoms with E-state index in [2.05, 4.69) is 15.1 Å². The number of fused-ring (bicyclic) bond motifs is 1. The Balaban J connectivity index is 2.09.